The minimum absolute atomic E-state index is 0.0275. The van der Waals surface area contributed by atoms with Crippen molar-refractivity contribution < 1.29 is 14.3 Å². The van der Waals surface area contributed by atoms with Crippen molar-refractivity contribution in [2.45, 2.75) is 25.3 Å². The smallest absolute Gasteiger partial charge is 0.229 e. The minimum Gasteiger partial charge on any atom is -0.497 e. The van der Waals surface area contributed by atoms with E-state index in [1.54, 1.807) is 32.4 Å². The third kappa shape index (κ3) is 3.17. The predicted molar refractivity (Wildman–Crippen MR) is 73.5 cm³/mol. The Morgan fingerprint density at radius 2 is 1.84 bits per heavy atom. The summed E-state index contributed by atoms with van der Waals surface area (Å²) in [6, 6.07) is 5.26. The van der Waals surface area contributed by atoms with Gasteiger partial charge < -0.3 is 20.5 Å². The van der Waals surface area contributed by atoms with Crippen LogP contribution in [0, 0.1) is 5.92 Å². The molecule has 2 unspecified atom stereocenters. The quantitative estimate of drug-likeness (QED) is 0.869. The molecule has 2 rings (SSSR count). The fourth-order valence-electron chi connectivity index (χ4n) is 2.43. The summed E-state index contributed by atoms with van der Waals surface area (Å²) in [6.07, 6.45) is 2.79. The Balaban J connectivity index is 2.11. The molecule has 1 aliphatic carbocycles. The van der Waals surface area contributed by atoms with E-state index in [-0.39, 0.29) is 17.9 Å². The molecule has 0 spiro atoms. The van der Waals surface area contributed by atoms with E-state index >= 15 is 0 Å². The van der Waals surface area contributed by atoms with E-state index in [1.165, 1.54) is 0 Å². The number of ether oxygens (including phenoxy) is 2. The van der Waals surface area contributed by atoms with E-state index in [2.05, 4.69) is 5.32 Å². The van der Waals surface area contributed by atoms with Gasteiger partial charge in [-0.2, -0.15) is 0 Å². The van der Waals surface area contributed by atoms with Crippen LogP contribution in [-0.2, 0) is 4.79 Å². The number of rotatable bonds is 4. The Bertz CT molecular complexity index is 440. The van der Waals surface area contributed by atoms with Crippen LogP contribution >= 0.6 is 0 Å². The fraction of sp³-hybridized carbons (Fsp3) is 0.500. The van der Waals surface area contributed by atoms with Gasteiger partial charge in [-0.25, -0.2) is 0 Å². The zero-order valence-electron chi connectivity index (χ0n) is 11.3. The molecule has 0 radical (unpaired) electrons. The summed E-state index contributed by atoms with van der Waals surface area (Å²) in [5.74, 6) is 1.16. The first-order valence-corrected chi connectivity index (χ1v) is 6.43. The lowest BCUT2D eigenvalue weighted by Crippen LogP contribution is -2.34. The van der Waals surface area contributed by atoms with Crippen molar-refractivity contribution in [3.8, 4) is 11.5 Å². The van der Waals surface area contributed by atoms with E-state index in [0.717, 1.165) is 19.3 Å². The van der Waals surface area contributed by atoms with E-state index in [9.17, 15) is 4.79 Å². The maximum absolute atomic E-state index is 12.2. The molecule has 1 saturated carbocycles. The number of benzene rings is 1. The lowest BCUT2D eigenvalue weighted by molar-refractivity contribution is -0.120. The van der Waals surface area contributed by atoms with Crippen LogP contribution in [0.5, 0.6) is 11.5 Å². The number of nitrogens with one attached hydrogen (secondary N) is 1. The second kappa shape index (κ2) is 5.93. The van der Waals surface area contributed by atoms with Crippen molar-refractivity contribution in [1.29, 1.82) is 0 Å². The number of amides is 1. The SMILES string of the molecule is COc1cc(NC(=O)C2CCCC2N)cc(OC)c1. The first-order valence-electron chi connectivity index (χ1n) is 6.43. The molecule has 19 heavy (non-hydrogen) atoms. The van der Waals surface area contributed by atoms with Crippen molar-refractivity contribution in [1.82, 2.24) is 0 Å². The van der Waals surface area contributed by atoms with Crippen LogP contribution < -0.4 is 20.5 Å². The lowest BCUT2D eigenvalue weighted by atomic mass is 10.0. The number of methoxy groups -OCH3 is 2. The van der Waals surface area contributed by atoms with Gasteiger partial charge in [-0.1, -0.05) is 6.42 Å². The van der Waals surface area contributed by atoms with Crippen LogP contribution in [-0.4, -0.2) is 26.2 Å². The molecule has 5 nitrogen and oxygen atoms in total. The van der Waals surface area contributed by atoms with Gasteiger partial charge in [0, 0.05) is 29.9 Å². The van der Waals surface area contributed by atoms with Gasteiger partial charge >= 0.3 is 0 Å². The third-order valence-corrected chi connectivity index (χ3v) is 3.53. The van der Waals surface area contributed by atoms with Crippen molar-refractivity contribution in [2.24, 2.45) is 11.7 Å². The number of carbonyl (C=O) groups is 1. The monoisotopic (exact) mass is 264 g/mol. The highest BCUT2D eigenvalue weighted by Gasteiger charge is 2.30. The molecule has 0 bridgehead atoms. The zero-order chi connectivity index (χ0) is 13.8. The van der Waals surface area contributed by atoms with Crippen molar-refractivity contribution in [3.05, 3.63) is 18.2 Å². The Kier molecular flexibility index (Phi) is 4.27. The van der Waals surface area contributed by atoms with Gasteiger partial charge in [0.05, 0.1) is 20.1 Å². The van der Waals surface area contributed by atoms with E-state index in [1.807, 2.05) is 0 Å². The number of carbonyl (C=O) groups excluding carboxylic acids is 1. The number of hydrogen-bond acceptors (Lipinski definition) is 4. The van der Waals surface area contributed by atoms with Crippen LogP contribution in [0.3, 0.4) is 0 Å². The van der Waals surface area contributed by atoms with Crippen molar-refractivity contribution in [3.63, 3.8) is 0 Å². The highest BCUT2D eigenvalue weighted by Crippen LogP contribution is 2.28. The molecule has 0 saturated heterocycles. The van der Waals surface area contributed by atoms with Crippen LogP contribution in [0.1, 0.15) is 19.3 Å². The predicted octanol–water partition coefficient (Wildman–Crippen LogP) is 1.77. The molecular formula is C14H20N2O3. The van der Waals surface area contributed by atoms with E-state index in [0.29, 0.717) is 17.2 Å². The van der Waals surface area contributed by atoms with Gasteiger partial charge in [0.2, 0.25) is 5.91 Å². The van der Waals surface area contributed by atoms with Crippen LogP contribution in [0.4, 0.5) is 5.69 Å². The number of anilines is 1. The first kappa shape index (κ1) is 13.7. The van der Waals surface area contributed by atoms with Crippen LogP contribution in [0.15, 0.2) is 18.2 Å². The number of nitrogens with two attached hydrogens (primary N) is 1. The molecule has 0 aromatic heterocycles. The Morgan fingerprint density at radius 1 is 1.21 bits per heavy atom. The topological polar surface area (TPSA) is 73.6 Å². The molecule has 2 atom stereocenters. The molecule has 1 aromatic rings. The Morgan fingerprint density at radius 3 is 2.32 bits per heavy atom. The first-order chi connectivity index (χ1) is 9.13. The maximum Gasteiger partial charge on any atom is 0.229 e. The van der Waals surface area contributed by atoms with Gasteiger partial charge in [-0.05, 0) is 12.8 Å². The van der Waals surface area contributed by atoms with E-state index < -0.39 is 0 Å². The second-order valence-corrected chi connectivity index (χ2v) is 4.79. The van der Waals surface area contributed by atoms with Gasteiger partial charge in [0.1, 0.15) is 11.5 Å². The third-order valence-electron chi connectivity index (χ3n) is 3.53. The van der Waals surface area contributed by atoms with E-state index in [4.69, 9.17) is 15.2 Å². The zero-order valence-corrected chi connectivity index (χ0v) is 11.3. The molecule has 5 heteroatoms. The fourth-order valence-corrected chi connectivity index (χ4v) is 2.43. The summed E-state index contributed by atoms with van der Waals surface area (Å²) in [5.41, 5.74) is 6.60. The summed E-state index contributed by atoms with van der Waals surface area (Å²) in [7, 11) is 3.15. The number of hydrogen-bond donors (Lipinski definition) is 2. The molecule has 3 N–H and O–H groups in total. The normalized spacial score (nSPS) is 22.1. The molecule has 1 amide bonds. The minimum atomic E-state index is -0.0998. The summed E-state index contributed by atoms with van der Waals surface area (Å²) in [4.78, 5) is 12.2. The largest absolute Gasteiger partial charge is 0.497 e. The summed E-state index contributed by atoms with van der Waals surface area (Å²) < 4.78 is 10.3. The maximum atomic E-state index is 12.2. The summed E-state index contributed by atoms with van der Waals surface area (Å²) in [5, 5.41) is 2.88. The second-order valence-electron chi connectivity index (χ2n) is 4.79. The molecule has 1 aromatic carbocycles. The molecule has 104 valence electrons. The Hall–Kier alpha value is -1.75. The average Bonchev–Trinajstić information content (AvgIpc) is 2.84. The van der Waals surface area contributed by atoms with Crippen LogP contribution in [0.2, 0.25) is 0 Å². The lowest BCUT2D eigenvalue weighted by Gasteiger charge is -2.16. The van der Waals surface area contributed by atoms with Gasteiger partial charge in [-0.15, -0.1) is 0 Å². The molecule has 0 heterocycles. The highest BCUT2D eigenvalue weighted by atomic mass is 16.5. The van der Waals surface area contributed by atoms with Crippen LogP contribution in [0.25, 0.3) is 0 Å². The van der Waals surface area contributed by atoms with Gasteiger partial charge in [0.25, 0.3) is 0 Å². The van der Waals surface area contributed by atoms with Crippen molar-refractivity contribution in [2.75, 3.05) is 19.5 Å². The molecular weight excluding hydrogens is 244 g/mol. The average molecular weight is 264 g/mol. The standard InChI is InChI=1S/C14H20N2O3/c1-18-10-6-9(7-11(8-10)19-2)16-14(17)12-4-3-5-13(12)15/h6-8,12-13H,3-5,15H2,1-2H3,(H,16,17). The molecule has 1 aliphatic rings. The van der Waals surface area contributed by atoms with Crippen molar-refractivity contribution >= 4 is 11.6 Å². The summed E-state index contributed by atoms with van der Waals surface area (Å²) in [6.45, 7) is 0. The highest BCUT2D eigenvalue weighted by molar-refractivity contribution is 5.93. The molecule has 0 aliphatic heterocycles. The van der Waals surface area contributed by atoms with Gasteiger partial charge in [0.15, 0.2) is 0 Å². The summed E-state index contributed by atoms with van der Waals surface area (Å²) >= 11 is 0. The Labute approximate surface area is 113 Å². The molecule has 1 fully saturated rings. The van der Waals surface area contributed by atoms with Gasteiger partial charge in [-0.3, -0.25) is 4.79 Å².